The average Bonchev–Trinajstić information content (AvgIpc) is 2.86. The van der Waals surface area contributed by atoms with Gasteiger partial charge in [-0.25, -0.2) is 0 Å². The van der Waals surface area contributed by atoms with Crippen molar-refractivity contribution in [2.45, 2.75) is 5.16 Å². The molecule has 1 heterocycles. The maximum atomic E-state index is 11.0. The first-order valence-corrected chi connectivity index (χ1v) is 6.44. The predicted molar refractivity (Wildman–Crippen MR) is 73.8 cm³/mol. The van der Waals surface area contributed by atoms with Crippen molar-refractivity contribution in [3.63, 3.8) is 0 Å². The van der Waals surface area contributed by atoms with Crippen LogP contribution in [0.2, 0.25) is 0 Å². The van der Waals surface area contributed by atoms with Crippen molar-refractivity contribution in [2.75, 3.05) is 14.1 Å². The summed E-state index contributed by atoms with van der Waals surface area (Å²) in [7, 11) is 3.43. The summed E-state index contributed by atoms with van der Waals surface area (Å²) < 4.78 is 1.46. The van der Waals surface area contributed by atoms with Crippen molar-refractivity contribution < 1.29 is 4.92 Å². The monoisotopic (exact) mass is 292 g/mol. The third-order valence-electron chi connectivity index (χ3n) is 2.19. The Hall–Kier alpha value is -2.42. The minimum atomic E-state index is -0.464. The van der Waals surface area contributed by atoms with Crippen LogP contribution in [0.25, 0.3) is 5.69 Å². The molecule has 104 valence electrons. The molecule has 0 N–H and O–H groups in total. The number of thioether (sulfide) groups is 1. The second kappa shape index (κ2) is 6.15. The Morgan fingerprint density at radius 2 is 2.10 bits per heavy atom. The lowest BCUT2D eigenvalue weighted by atomic mass is 10.3. The highest BCUT2D eigenvalue weighted by molar-refractivity contribution is 8.02. The molecule has 9 heteroatoms. The summed E-state index contributed by atoms with van der Waals surface area (Å²) in [6.07, 6.45) is 1.41. The molecule has 0 amide bonds. The summed E-state index contributed by atoms with van der Waals surface area (Å²) in [5, 5.41) is 22.5. The van der Waals surface area contributed by atoms with Crippen LogP contribution in [0.15, 0.2) is 46.7 Å². The Balaban J connectivity index is 2.31. The molecule has 0 spiro atoms. The number of rotatable bonds is 5. The lowest BCUT2D eigenvalue weighted by molar-refractivity contribution is -0.411. The van der Waals surface area contributed by atoms with Gasteiger partial charge < -0.3 is 4.90 Å². The molecule has 8 nitrogen and oxygen atoms in total. The van der Waals surface area contributed by atoms with E-state index in [2.05, 4.69) is 15.5 Å². The Labute approximate surface area is 119 Å². The van der Waals surface area contributed by atoms with Gasteiger partial charge >= 0.3 is 5.03 Å². The molecular weight excluding hydrogens is 280 g/mol. The van der Waals surface area contributed by atoms with Gasteiger partial charge in [0.1, 0.15) is 0 Å². The van der Waals surface area contributed by atoms with Gasteiger partial charge in [-0.2, -0.15) is 4.68 Å². The van der Waals surface area contributed by atoms with E-state index in [4.69, 9.17) is 0 Å². The lowest BCUT2D eigenvalue weighted by Gasteiger charge is -2.05. The fourth-order valence-electron chi connectivity index (χ4n) is 1.40. The Bertz CT molecular complexity index is 625. The predicted octanol–water partition coefficient (Wildman–Crippen LogP) is 1.39. The van der Waals surface area contributed by atoms with Gasteiger partial charge in [-0.05, 0) is 22.6 Å². The first-order valence-electron chi connectivity index (χ1n) is 5.62. The summed E-state index contributed by atoms with van der Waals surface area (Å²) in [5.74, 6) is 0. The molecule has 0 aliphatic heterocycles. The molecule has 1 aromatic carbocycles. The number of aromatic nitrogens is 4. The standard InChI is InChI=1S/C11H12N6O2S/c1-15(2)8-10(17(18)19)20-11-12-13-14-16(11)9-6-4-3-5-7-9/h3-8H,1-2H3/b10-8-. The van der Waals surface area contributed by atoms with Crippen molar-refractivity contribution in [1.29, 1.82) is 0 Å². The van der Waals surface area contributed by atoms with Gasteiger partial charge in [-0.3, -0.25) is 10.1 Å². The lowest BCUT2D eigenvalue weighted by Crippen LogP contribution is -2.07. The van der Waals surface area contributed by atoms with E-state index in [9.17, 15) is 10.1 Å². The number of para-hydroxylation sites is 1. The van der Waals surface area contributed by atoms with Crippen LogP contribution in [0, 0.1) is 10.1 Å². The van der Waals surface area contributed by atoms with Crippen LogP contribution in [0.5, 0.6) is 0 Å². The van der Waals surface area contributed by atoms with Gasteiger partial charge in [-0.1, -0.05) is 18.2 Å². The molecule has 0 fully saturated rings. The van der Waals surface area contributed by atoms with Crippen molar-refractivity contribution >= 4 is 11.8 Å². The zero-order valence-corrected chi connectivity index (χ0v) is 11.7. The molecule has 0 aliphatic rings. The number of benzene rings is 1. The van der Waals surface area contributed by atoms with Gasteiger partial charge in [0.2, 0.25) is 5.16 Å². The van der Waals surface area contributed by atoms with Crippen molar-refractivity contribution in [1.82, 2.24) is 25.1 Å². The Kier molecular flexibility index (Phi) is 4.31. The van der Waals surface area contributed by atoms with Crippen LogP contribution in [0.1, 0.15) is 0 Å². The van der Waals surface area contributed by atoms with E-state index in [1.807, 2.05) is 30.3 Å². The minimum absolute atomic E-state index is 0.0537. The second-order valence-electron chi connectivity index (χ2n) is 4.00. The fourth-order valence-corrected chi connectivity index (χ4v) is 2.23. The van der Waals surface area contributed by atoms with E-state index in [-0.39, 0.29) is 5.03 Å². The molecule has 0 unspecified atom stereocenters. The Morgan fingerprint density at radius 1 is 1.40 bits per heavy atom. The largest absolute Gasteiger partial charge is 0.378 e. The summed E-state index contributed by atoms with van der Waals surface area (Å²) in [6, 6.07) is 9.20. The van der Waals surface area contributed by atoms with E-state index >= 15 is 0 Å². The molecule has 0 atom stereocenters. The molecule has 2 rings (SSSR count). The van der Waals surface area contributed by atoms with Crippen LogP contribution in [0.3, 0.4) is 0 Å². The van der Waals surface area contributed by atoms with Gasteiger partial charge in [0.15, 0.2) is 0 Å². The zero-order valence-electron chi connectivity index (χ0n) is 10.9. The smallest absolute Gasteiger partial charge is 0.326 e. The van der Waals surface area contributed by atoms with Crippen LogP contribution < -0.4 is 0 Å². The molecule has 2 aromatic rings. The van der Waals surface area contributed by atoms with E-state index in [0.29, 0.717) is 5.16 Å². The van der Waals surface area contributed by atoms with Gasteiger partial charge in [-0.15, -0.1) is 5.10 Å². The first kappa shape index (κ1) is 14.0. The third kappa shape index (κ3) is 3.32. The second-order valence-corrected chi connectivity index (χ2v) is 4.99. The molecule has 0 saturated heterocycles. The van der Waals surface area contributed by atoms with Crippen molar-refractivity contribution in [2.24, 2.45) is 0 Å². The number of nitrogens with zero attached hydrogens (tertiary/aromatic N) is 6. The SMILES string of the molecule is CN(C)/C=C(\Sc1nnnn1-c1ccccc1)[N+](=O)[O-]. The minimum Gasteiger partial charge on any atom is -0.378 e. The molecule has 0 radical (unpaired) electrons. The van der Waals surface area contributed by atoms with Crippen LogP contribution in [-0.2, 0) is 0 Å². The van der Waals surface area contributed by atoms with Gasteiger partial charge in [0.25, 0.3) is 0 Å². The molecule has 20 heavy (non-hydrogen) atoms. The summed E-state index contributed by atoms with van der Waals surface area (Å²) in [6.45, 7) is 0. The number of hydrogen-bond acceptors (Lipinski definition) is 7. The van der Waals surface area contributed by atoms with Gasteiger partial charge in [0, 0.05) is 25.9 Å². The maximum Gasteiger partial charge on any atom is 0.326 e. The maximum absolute atomic E-state index is 11.0. The Morgan fingerprint density at radius 3 is 2.70 bits per heavy atom. The van der Waals surface area contributed by atoms with Crippen molar-refractivity contribution in [3.05, 3.63) is 51.7 Å². The summed E-state index contributed by atoms with van der Waals surface area (Å²) in [4.78, 5) is 12.2. The van der Waals surface area contributed by atoms with E-state index in [1.165, 1.54) is 10.9 Å². The highest BCUT2D eigenvalue weighted by Crippen LogP contribution is 2.26. The quantitative estimate of drug-likeness (QED) is 0.467. The molecule has 1 aromatic heterocycles. The number of hydrogen-bond donors (Lipinski definition) is 0. The summed E-state index contributed by atoms with van der Waals surface area (Å²) in [5.41, 5.74) is 0.743. The summed E-state index contributed by atoms with van der Waals surface area (Å²) >= 11 is 0.900. The van der Waals surface area contributed by atoms with Crippen molar-refractivity contribution in [3.8, 4) is 5.69 Å². The van der Waals surface area contributed by atoms with Crippen LogP contribution in [0.4, 0.5) is 0 Å². The molecule has 0 saturated carbocycles. The normalized spacial score (nSPS) is 11.4. The first-order chi connectivity index (χ1) is 9.58. The van der Waals surface area contributed by atoms with Crippen LogP contribution >= 0.6 is 11.8 Å². The van der Waals surface area contributed by atoms with E-state index in [0.717, 1.165) is 17.4 Å². The zero-order chi connectivity index (χ0) is 14.5. The topological polar surface area (TPSA) is 90.0 Å². The number of nitro groups is 1. The molecule has 0 aliphatic carbocycles. The number of tetrazole rings is 1. The average molecular weight is 292 g/mol. The molecule has 0 bridgehead atoms. The highest BCUT2D eigenvalue weighted by Gasteiger charge is 2.19. The van der Waals surface area contributed by atoms with E-state index in [1.54, 1.807) is 19.0 Å². The van der Waals surface area contributed by atoms with Crippen LogP contribution in [-0.4, -0.2) is 44.1 Å². The highest BCUT2D eigenvalue weighted by atomic mass is 32.2. The fraction of sp³-hybridized carbons (Fsp3) is 0.182. The molecular formula is C11H12N6O2S. The van der Waals surface area contributed by atoms with E-state index < -0.39 is 4.92 Å². The van der Waals surface area contributed by atoms with Gasteiger partial charge in [0.05, 0.1) is 16.8 Å². The third-order valence-corrected chi connectivity index (χ3v) is 3.09.